The number of nitrogens with one attached hydrogen (secondary N) is 1. The lowest BCUT2D eigenvalue weighted by molar-refractivity contribution is -0.142. The van der Waals surface area contributed by atoms with Crippen molar-refractivity contribution in [1.29, 1.82) is 0 Å². The van der Waals surface area contributed by atoms with E-state index in [1.54, 1.807) is 6.07 Å². The van der Waals surface area contributed by atoms with Gasteiger partial charge in [0.15, 0.2) is 10.8 Å². The Morgan fingerprint density at radius 1 is 1.32 bits per heavy atom. The molecule has 2 heterocycles. The molecule has 0 spiro atoms. The molecule has 0 aliphatic carbocycles. The second-order valence-electron chi connectivity index (χ2n) is 3.98. The summed E-state index contributed by atoms with van der Waals surface area (Å²) in [5.41, 5.74) is -0.813. The van der Waals surface area contributed by atoms with E-state index in [4.69, 9.17) is 0 Å². The van der Waals surface area contributed by atoms with Crippen molar-refractivity contribution in [3.8, 4) is 0 Å². The average Bonchev–Trinajstić information content (AvgIpc) is 2.85. The van der Waals surface area contributed by atoms with Gasteiger partial charge < -0.3 is 5.32 Å². The molecule has 0 aliphatic rings. The largest absolute Gasteiger partial charge is 0.435 e. The van der Waals surface area contributed by atoms with Crippen molar-refractivity contribution in [2.24, 2.45) is 7.05 Å². The highest BCUT2D eigenvalue weighted by atomic mass is 32.1. The number of hydrogen-bond acceptors (Lipinski definition) is 3. The first-order valence-corrected chi connectivity index (χ1v) is 6.22. The molecule has 0 aliphatic heterocycles. The Balaban J connectivity index is 2.00. The highest BCUT2D eigenvalue weighted by molar-refractivity contribution is 7.10. The van der Waals surface area contributed by atoms with E-state index in [9.17, 15) is 17.6 Å². The van der Waals surface area contributed by atoms with Crippen LogP contribution < -0.4 is 5.32 Å². The molecule has 2 aromatic rings. The third kappa shape index (κ3) is 3.54. The van der Waals surface area contributed by atoms with Gasteiger partial charge in [0, 0.05) is 36.8 Å². The summed E-state index contributed by atoms with van der Waals surface area (Å²) in [6.45, 7) is 0.350. The maximum Gasteiger partial charge on any atom is 0.435 e. The van der Waals surface area contributed by atoms with E-state index in [0.29, 0.717) is 6.54 Å². The van der Waals surface area contributed by atoms with Crippen LogP contribution in [0.15, 0.2) is 18.3 Å². The van der Waals surface area contributed by atoms with Gasteiger partial charge in [-0.05, 0) is 12.1 Å². The predicted octanol–water partition coefficient (Wildman–Crippen LogP) is 2.93. The fourth-order valence-electron chi connectivity index (χ4n) is 1.67. The molecule has 19 heavy (non-hydrogen) atoms. The van der Waals surface area contributed by atoms with E-state index in [-0.39, 0.29) is 17.2 Å². The van der Waals surface area contributed by atoms with Crippen LogP contribution in [0, 0.1) is 5.13 Å². The van der Waals surface area contributed by atoms with Crippen molar-refractivity contribution >= 4 is 11.3 Å². The van der Waals surface area contributed by atoms with Gasteiger partial charge >= 0.3 is 6.18 Å². The minimum absolute atomic E-state index is 0.0300. The zero-order valence-electron chi connectivity index (χ0n) is 9.96. The van der Waals surface area contributed by atoms with Crippen LogP contribution in [-0.2, 0) is 26.3 Å². The lowest BCUT2D eigenvalue weighted by atomic mass is 10.2. The molecule has 0 unspecified atom stereocenters. The van der Waals surface area contributed by atoms with E-state index in [2.05, 4.69) is 10.4 Å². The molecular weight excluding hydrogens is 282 g/mol. The molecule has 2 rings (SSSR count). The number of halogens is 4. The molecule has 2 aromatic heterocycles. The van der Waals surface area contributed by atoms with Gasteiger partial charge in [-0.3, -0.25) is 4.68 Å². The molecular formula is C11H11F4N3S. The summed E-state index contributed by atoms with van der Waals surface area (Å²) in [5.74, 6) is 0. The Hall–Kier alpha value is -1.41. The maximum absolute atomic E-state index is 12.7. The minimum atomic E-state index is -4.46. The lowest BCUT2D eigenvalue weighted by Crippen LogP contribution is -2.16. The standard InChI is InChI=1S/C11H11F4N3S/c1-18-6-7(10(17-18)11(13,14)15)4-16-5-8-2-3-9(12)19-8/h2-3,6,16H,4-5H2,1H3. The Morgan fingerprint density at radius 2 is 2.05 bits per heavy atom. The zero-order valence-corrected chi connectivity index (χ0v) is 10.8. The molecule has 0 atom stereocenters. The lowest BCUT2D eigenvalue weighted by Gasteiger charge is -2.06. The van der Waals surface area contributed by atoms with Crippen LogP contribution in [0.1, 0.15) is 16.1 Å². The van der Waals surface area contributed by atoms with Gasteiger partial charge in [-0.2, -0.15) is 22.7 Å². The molecule has 8 heteroatoms. The van der Waals surface area contributed by atoms with Crippen LogP contribution in [0.4, 0.5) is 17.6 Å². The molecule has 0 amide bonds. The van der Waals surface area contributed by atoms with Gasteiger partial charge in [-0.1, -0.05) is 0 Å². The fourth-order valence-corrected chi connectivity index (χ4v) is 2.37. The van der Waals surface area contributed by atoms with Crippen LogP contribution in [0.3, 0.4) is 0 Å². The van der Waals surface area contributed by atoms with Gasteiger partial charge in [0.05, 0.1) is 0 Å². The highest BCUT2D eigenvalue weighted by Gasteiger charge is 2.36. The maximum atomic E-state index is 12.7. The molecule has 0 saturated heterocycles. The monoisotopic (exact) mass is 293 g/mol. The number of hydrogen-bond donors (Lipinski definition) is 1. The number of thiophene rings is 1. The van der Waals surface area contributed by atoms with Crippen LogP contribution in [0.25, 0.3) is 0 Å². The molecule has 0 saturated carbocycles. The summed E-state index contributed by atoms with van der Waals surface area (Å²) in [7, 11) is 1.44. The van der Waals surface area contributed by atoms with Crippen molar-refractivity contribution in [2.75, 3.05) is 0 Å². The average molecular weight is 293 g/mol. The Kier molecular flexibility index (Phi) is 3.91. The van der Waals surface area contributed by atoms with E-state index in [1.807, 2.05) is 0 Å². The Morgan fingerprint density at radius 3 is 2.63 bits per heavy atom. The van der Waals surface area contributed by atoms with Crippen LogP contribution in [-0.4, -0.2) is 9.78 Å². The van der Waals surface area contributed by atoms with Crippen molar-refractivity contribution in [2.45, 2.75) is 19.3 Å². The molecule has 3 nitrogen and oxygen atoms in total. The van der Waals surface area contributed by atoms with E-state index in [1.165, 1.54) is 19.3 Å². The molecule has 0 radical (unpaired) electrons. The van der Waals surface area contributed by atoms with Gasteiger partial charge in [0.2, 0.25) is 0 Å². The van der Waals surface area contributed by atoms with E-state index in [0.717, 1.165) is 20.9 Å². The normalized spacial score (nSPS) is 12.1. The number of alkyl halides is 3. The van der Waals surface area contributed by atoms with Crippen LogP contribution in [0.2, 0.25) is 0 Å². The highest BCUT2D eigenvalue weighted by Crippen LogP contribution is 2.30. The smallest absolute Gasteiger partial charge is 0.308 e. The summed E-state index contributed by atoms with van der Waals surface area (Å²) in [4.78, 5) is 0.731. The van der Waals surface area contributed by atoms with Gasteiger partial charge in [0.25, 0.3) is 0 Å². The fraction of sp³-hybridized carbons (Fsp3) is 0.364. The van der Waals surface area contributed by atoms with Gasteiger partial charge in [0.1, 0.15) is 0 Å². The van der Waals surface area contributed by atoms with Crippen molar-refractivity contribution in [3.05, 3.63) is 39.6 Å². The van der Waals surface area contributed by atoms with Crippen molar-refractivity contribution < 1.29 is 17.6 Å². The second kappa shape index (κ2) is 5.30. The SMILES string of the molecule is Cn1cc(CNCc2ccc(F)s2)c(C(F)(F)F)n1. The molecule has 0 aromatic carbocycles. The summed E-state index contributed by atoms with van der Waals surface area (Å²) < 4.78 is 51.9. The predicted molar refractivity (Wildman–Crippen MR) is 63.0 cm³/mol. The second-order valence-corrected chi connectivity index (χ2v) is 5.10. The number of aromatic nitrogens is 2. The first kappa shape index (κ1) is 14.0. The Labute approximate surface area is 110 Å². The Bertz CT molecular complexity index is 559. The summed E-state index contributed by atoms with van der Waals surface area (Å²) in [6.07, 6.45) is -3.14. The quantitative estimate of drug-likeness (QED) is 0.878. The number of rotatable bonds is 4. The van der Waals surface area contributed by atoms with Crippen LogP contribution >= 0.6 is 11.3 Å². The summed E-state index contributed by atoms with van der Waals surface area (Å²) in [6, 6.07) is 2.92. The minimum Gasteiger partial charge on any atom is -0.308 e. The van der Waals surface area contributed by atoms with Crippen molar-refractivity contribution in [1.82, 2.24) is 15.1 Å². The number of aryl methyl sites for hydroxylation is 1. The zero-order chi connectivity index (χ0) is 14.0. The first-order valence-electron chi connectivity index (χ1n) is 5.41. The third-order valence-electron chi connectivity index (χ3n) is 2.42. The number of nitrogens with zero attached hydrogens (tertiary/aromatic N) is 2. The molecule has 1 N–H and O–H groups in total. The topological polar surface area (TPSA) is 29.9 Å². The first-order chi connectivity index (χ1) is 8.86. The van der Waals surface area contributed by atoms with Gasteiger partial charge in [-0.15, -0.1) is 11.3 Å². The summed E-state index contributed by atoms with van der Waals surface area (Å²) >= 11 is 0.966. The summed E-state index contributed by atoms with van der Waals surface area (Å²) in [5, 5.41) is 5.94. The van der Waals surface area contributed by atoms with Crippen LogP contribution in [0.5, 0.6) is 0 Å². The molecule has 104 valence electrons. The molecule has 0 fully saturated rings. The van der Waals surface area contributed by atoms with E-state index < -0.39 is 11.9 Å². The van der Waals surface area contributed by atoms with Crippen molar-refractivity contribution in [3.63, 3.8) is 0 Å². The van der Waals surface area contributed by atoms with Gasteiger partial charge in [-0.25, -0.2) is 0 Å². The molecule has 0 bridgehead atoms. The third-order valence-corrected chi connectivity index (χ3v) is 3.29. The van der Waals surface area contributed by atoms with E-state index >= 15 is 0 Å².